The SMILES string of the molecule is CCc1sc(NC(=O)C(C)Oc2ccccc2)nc1-c1ccccc1. The van der Waals surface area contributed by atoms with Crippen molar-refractivity contribution in [3.63, 3.8) is 0 Å². The number of aryl methyl sites for hydroxylation is 1. The molecule has 5 heteroatoms. The summed E-state index contributed by atoms with van der Waals surface area (Å²) in [4.78, 5) is 18.2. The van der Waals surface area contributed by atoms with Gasteiger partial charge in [0.15, 0.2) is 11.2 Å². The third-order valence-electron chi connectivity index (χ3n) is 3.72. The Hall–Kier alpha value is -2.66. The maximum absolute atomic E-state index is 12.4. The standard InChI is InChI=1S/C20H20N2O2S/c1-3-17-18(15-10-6-4-7-11-15)21-20(25-17)22-19(23)14(2)24-16-12-8-5-9-13-16/h4-14H,3H2,1-2H3,(H,21,22,23). The Morgan fingerprint density at radius 3 is 2.40 bits per heavy atom. The Balaban J connectivity index is 1.72. The number of hydrogen-bond acceptors (Lipinski definition) is 4. The van der Waals surface area contributed by atoms with Crippen molar-refractivity contribution in [3.05, 3.63) is 65.5 Å². The van der Waals surface area contributed by atoms with E-state index in [4.69, 9.17) is 4.74 Å². The number of ether oxygens (including phenoxy) is 1. The second-order valence-electron chi connectivity index (χ2n) is 5.57. The number of nitrogens with one attached hydrogen (secondary N) is 1. The van der Waals surface area contributed by atoms with Gasteiger partial charge < -0.3 is 4.74 Å². The van der Waals surface area contributed by atoms with Gasteiger partial charge in [-0.3, -0.25) is 10.1 Å². The molecular formula is C20H20N2O2S. The maximum atomic E-state index is 12.4. The third kappa shape index (κ3) is 4.25. The molecule has 0 fully saturated rings. The highest BCUT2D eigenvalue weighted by Crippen LogP contribution is 2.31. The highest BCUT2D eigenvalue weighted by molar-refractivity contribution is 7.16. The van der Waals surface area contributed by atoms with E-state index in [1.165, 1.54) is 11.3 Å². The maximum Gasteiger partial charge on any atom is 0.266 e. The van der Waals surface area contributed by atoms with Crippen LogP contribution in [0.5, 0.6) is 5.75 Å². The molecule has 1 heterocycles. The average molecular weight is 352 g/mol. The van der Waals surface area contributed by atoms with Crippen molar-refractivity contribution >= 4 is 22.4 Å². The summed E-state index contributed by atoms with van der Waals surface area (Å²) in [5.74, 6) is 0.461. The molecule has 0 saturated heterocycles. The lowest BCUT2D eigenvalue weighted by Gasteiger charge is -2.13. The highest BCUT2D eigenvalue weighted by Gasteiger charge is 2.18. The van der Waals surface area contributed by atoms with Crippen molar-refractivity contribution in [2.45, 2.75) is 26.4 Å². The molecule has 3 aromatic rings. The molecule has 4 nitrogen and oxygen atoms in total. The van der Waals surface area contributed by atoms with E-state index >= 15 is 0 Å². The van der Waals surface area contributed by atoms with E-state index in [0.717, 1.165) is 22.6 Å². The molecule has 0 spiro atoms. The fraction of sp³-hybridized carbons (Fsp3) is 0.200. The van der Waals surface area contributed by atoms with Crippen LogP contribution in [0.4, 0.5) is 5.13 Å². The molecule has 1 amide bonds. The number of anilines is 1. The van der Waals surface area contributed by atoms with Crippen molar-refractivity contribution in [3.8, 4) is 17.0 Å². The molecule has 0 aliphatic heterocycles. The lowest BCUT2D eigenvalue weighted by molar-refractivity contribution is -0.122. The van der Waals surface area contributed by atoms with E-state index < -0.39 is 6.10 Å². The molecular weight excluding hydrogens is 332 g/mol. The Bertz CT molecular complexity index is 831. The van der Waals surface area contributed by atoms with Gasteiger partial charge in [0.25, 0.3) is 5.91 Å². The van der Waals surface area contributed by atoms with Gasteiger partial charge in [0.2, 0.25) is 0 Å². The Morgan fingerprint density at radius 2 is 1.76 bits per heavy atom. The first-order chi connectivity index (χ1) is 12.2. The van der Waals surface area contributed by atoms with E-state index in [0.29, 0.717) is 10.9 Å². The number of benzene rings is 2. The summed E-state index contributed by atoms with van der Waals surface area (Å²) in [5.41, 5.74) is 1.99. The molecule has 1 atom stereocenters. The number of carbonyl (C=O) groups excluding carboxylic acids is 1. The zero-order valence-electron chi connectivity index (χ0n) is 14.2. The predicted octanol–water partition coefficient (Wildman–Crippen LogP) is 4.78. The largest absolute Gasteiger partial charge is 0.481 e. The van der Waals surface area contributed by atoms with E-state index in [2.05, 4.69) is 17.2 Å². The van der Waals surface area contributed by atoms with Gasteiger partial charge in [-0.2, -0.15) is 0 Å². The van der Waals surface area contributed by atoms with Crippen LogP contribution in [0.3, 0.4) is 0 Å². The zero-order valence-corrected chi connectivity index (χ0v) is 15.0. The minimum Gasteiger partial charge on any atom is -0.481 e. The van der Waals surface area contributed by atoms with Crippen LogP contribution < -0.4 is 10.1 Å². The molecule has 0 bridgehead atoms. The molecule has 1 unspecified atom stereocenters. The summed E-state index contributed by atoms with van der Waals surface area (Å²) in [6, 6.07) is 19.3. The van der Waals surface area contributed by atoms with Crippen molar-refractivity contribution in [1.82, 2.24) is 4.98 Å². The summed E-state index contributed by atoms with van der Waals surface area (Å²) in [5, 5.41) is 3.47. The first kappa shape index (κ1) is 17.2. The normalized spacial score (nSPS) is 11.8. The van der Waals surface area contributed by atoms with Gasteiger partial charge in [-0.05, 0) is 25.5 Å². The van der Waals surface area contributed by atoms with Crippen LogP contribution in [0.25, 0.3) is 11.3 Å². The molecule has 1 aromatic heterocycles. The zero-order chi connectivity index (χ0) is 17.6. The van der Waals surface area contributed by atoms with Gasteiger partial charge in [0.05, 0.1) is 5.69 Å². The molecule has 25 heavy (non-hydrogen) atoms. The topological polar surface area (TPSA) is 51.2 Å². The summed E-state index contributed by atoms with van der Waals surface area (Å²) < 4.78 is 5.66. The fourth-order valence-electron chi connectivity index (χ4n) is 2.43. The molecule has 0 saturated carbocycles. The van der Waals surface area contributed by atoms with Crippen molar-refractivity contribution in [1.29, 1.82) is 0 Å². The Kier molecular flexibility index (Phi) is 5.46. The number of rotatable bonds is 6. The summed E-state index contributed by atoms with van der Waals surface area (Å²) >= 11 is 1.51. The highest BCUT2D eigenvalue weighted by atomic mass is 32.1. The minimum atomic E-state index is -0.600. The quantitative estimate of drug-likeness (QED) is 0.695. The van der Waals surface area contributed by atoms with Gasteiger partial charge in [-0.15, -0.1) is 11.3 Å². The summed E-state index contributed by atoms with van der Waals surface area (Å²) in [6.45, 7) is 3.82. The molecule has 128 valence electrons. The smallest absolute Gasteiger partial charge is 0.266 e. The van der Waals surface area contributed by atoms with E-state index in [1.54, 1.807) is 6.92 Å². The number of amides is 1. The summed E-state index contributed by atoms with van der Waals surface area (Å²) in [7, 11) is 0. The molecule has 1 N–H and O–H groups in total. The third-order valence-corrected chi connectivity index (χ3v) is 4.84. The monoisotopic (exact) mass is 352 g/mol. The molecule has 0 radical (unpaired) electrons. The van der Waals surface area contributed by atoms with Crippen LogP contribution in [0.15, 0.2) is 60.7 Å². The van der Waals surface area contributed by atoms with Crippen LogP contribution >= 0.6 is 11.3 Å². The van der Waals surface area contributed by atoms with Crippen LogP contribution in [0.2, 0.25) is 0 Å². The van der Waals surface area contributed by atoms with Gasteiger partial charge >= 0.3 is 0 Å². The molecule has 0 aliphatic rings. The average Bonchev–Trinajstić information content (AvgIpc) is 3.06. The van der Waals surface area contributed by atoms with Gasteiger partial charge in [0.1, 0.15) is 5.75 Å². The molecule has 0 aliphatic carbocycles. The van der Waals surface area contributed by atoms with Gasteiger partial charge in [-0.25, -0.2) is 4.98 Å². The van der Waals surface area contributed by atoms with Crippen molar-refractivity contribution < 1.29 is 9.53 Å². The number of carbonyl (C=O) groups is 1. The second kappa shape index (κ2) is 7.94. The minimum absolute atomic E-state index is 0.208. The fourth-order valence-corrected chi connectivity index (χ4v) is 3.36. The van der Waals surface area contributed by atoms with Gasteiger partial charge in [-0.1, -0.05) is 55.5 Å². The first-order valence-corrected chi connectivity index (χ1v) is 9.06. The Labute approximate surface area is 151 Å². The number of thiazole rings is 1. The van der Waals surface area contributed by atoms with Crippen LogP contribution in [0, 0.1) is 0 Å². The van der Waals surface area contributed by atoms with Crippen molar-refractivity contribution in [2.24, 2.45) is 0 Å². The van der Waals surface area contributed by atoms with E-state index in [1.807, 2.05) is 60.7 Å². The molecule has 3 rings (SSSR count). The number of nitrogens with zero attached hydrogens (tertiary/aromatic N) is 1. The predicted molar refractivity (Wildman–Crippen MR) is 102 cm³/mol. The van der Waals surface area contributed by atoms with Crippen molar-refractivity contribution in [2.75, 3.05) is 5.32 Å². The lowest BCUT2D eigenvalue weighted by Crippen LogP contribution is -2.30. The molecule has 2 aromatic carbocycles. The lowest BCUT2D eigenvalue weighted by atomic mass is 10.1. The van der Waals surface area contributed by atoms with Crippen LogP contribution in [0.1, 0.15) is 18.7 Å². The first-order valence-electron chi connectivity index (χ1n) is 8.25. The van der Waals surface area contributed by atoms with Crippen LogP contribution in [-0.4, -0.2) is 17.0 Å². The van der Waals surface area contributed by atoms with E-state index in [-0.39, 0.29) is 5.91 Å². The Morgan fingerprint density at radius 1 is 1.12 bits per heavy atom. The van der Waals surface area contributed by atoms with Crippen LogP contribution in [-0.2, 0) is 11.2 Å². The van der Waals surface area contributed by atoms with Gasteiger partial charge in [0, 0.05) is 10.4 Å². The number of aromatic nitrogens is 1. The summed E-state index contributed by atoms with van der Waals surface area (Å²) in [6.07, 6.45) is 0.268. The number of para-hydroxylation sites is 1. The second-order valence-corrected chi connectivity index (χ2v) is 6.66. The number of hydrogen-bond donors (Lipinski definition) is 1. The van der Waals surface area contributed by atoms with E-state index in [9.17, 15) is 4.79 Å².